The zero-order valence-corrected chi connectivity index (χ0v) is 9.56. The fraction of sp³-hybridized carbons (Fsp3) is 0.417. The van der Waals surface area contributed by atoms with Gasteiger partial charge in [-0.1, -0.05) is 0 Å². The van der Waals surface area contributed by atoms with Gasteiger partial charge < -0.3 is 5.32 Å². The maximum absolute atomic E-state index is 12.6. The van der Waals surface area contributed by atoms with Crippen LogP contribution in [0, 0.1) is 11.2 Å². The fourth-order valence-corrected chi connectivity index (χ4v) is 1.87. The molecule has 2 rings (SSSR count). The molecule has 1 N–H and O–H groups in total. The molecule has 1 saturated carbocycles. The van der Waals surface area contributed by atoms with Gasteiger partial charge in [-0.3, -0.25) is 4.79 Å². The van der Waals surface area contributed by atoms with E-state index in [1.165, 1.54) is 24.3 Å². The van der Waals surface area contributed by atoms with Crippen molar-refractivity contribution in [1.82, 2.24) is 5.32 Å². The van der Waals surface area contributed by atoms with Crippen LogP contribution in [0.5, 0.6) is 0 Å². The Bertz CT molecular complexity index is 387. The second kappa shape index (κ2) is 4.42. The molecular weight excluding hydrogens is 229 g/mol. The lowest BCUT2D eigenvalue weighted by Crippen LogP contribution is -2.30. The van der Waals surface area contributed by atoms with Gasteiger partial charge in [0.2, 0.25) is 0 Å². The summed E-state index contributed by atoms with van der Waals surface area (Å²) in [7, 11) is 0. The van der Waals surface area contributed by atoms with E-state index >= 15 is 0 Å². The summed E-state index contributed by atoms with van der Waals surface area (Å²) >= 11 is 5.81. The standard InChI is InChI=1S/C12H13ClFNO/c13-7-12(5-6-12)8-15-11(16)9-1-3-10(14)4-2-9/h1-4H,5-8H2,(H,15,16). The Balaban J connectivity index is 1.91. The minimum Gasteiger partial charge on any atom is -0.351 e. The van der Waals surface area contributed by atoms with E-state index in [-0.39, 0.29) is 17.1 Å². The molecular formula is C12H13ClFNO. The van der Waals surface area contributed by atoms with Gasteiger partial charge in [0.25, 0.3) is 5.91 Å². The molecule has 0 aliphatic heterocycles. The third-order valence-corrected chi connectivity index (χ3v) is 3.54. The van der Waals surface area contributed by atoms with E-state index in [1.54, 1.807) is 0 Å². The minimum atomic E-state index is -0.337. The third kappa shape index (κ3) is 2.53. The average Bonchev–Trinajstić information content (AvgIpc) is 3.08. The Kier molecular flexibility index (Phi) is 3.15. The molecule has 2 nitrogen and oxygen atoms in total. The van der Waals surface area contributed by atoms with Crippen LogP contribution < -0.4 is 5.32 Å². The van der Waals surface area contributed by atoms with E-state index in [2.05, 4.69) is 5.32 Å². The fourth-order valence-electron chi connectivity index (χ4n) is 1.51. The van der Waals surface area contributed by atoms with Crippen molar-refractivity contribution in [1.29, 1.82) is 0 Å². The quantitative estimate of drug-likeness (QED) is 0.807. The topological polar surface area (TPSA) is 29.1 Å². The molecule has 0 saturated heterocycles. The van der Waals surface area contributed by atoms with Gasteiger partial charge in [-0.05, 0) is 37.1 Å². The monoisotopic (exact) mass is 241 g/mol. The summed E-state index contributed by atoms with van der Waals surface area (Å²) in [5, 5.41) is 2.83. The van der Waals surface area contributed by atoms with E-state index in [0.717, 1.165) is 12.8 Å². The second-order valence-corrected chi connectivity index (χ2v) is 4.59. The van der Waals surface area contributed by atoms with Gasteiger partial charge in [-0.2, -0.15) is 0 Å². The molecule has 86 valence electrons. The largest absolute Gasteiger partial charge is 0.351 e. The first-order valence-electron chi connectivity index (χ1n) is 5.25. The smallest absolute Gasteiger partial charge is 0.251 e. The van der Waals surface area contributed by atoms with E-state index in [0.29, 0.717) is 18.0 Å². The van der Waals surface area contributed by atoms with Crippen LogP contribution >= 0.6 is 11.6 Å². The summed E-state index contributed by atoms with van der Waals surface area (Å²) in [5.74, 6) is 0.0730. The Morgan fingerprint density at radius 2 is 2.00 bits per heavy atom. The molecule has 1 aromatic carbocycles. The van der Waals surface area contributed by atoms with Crippen LogP contribution in [-0.4, -0.2) is 18.3 Å². The zero-order chi connectivity index (χ0) is 11.6. The number of carbonyl (C=O) groups is 1. The molecule has 0 heterocycles. The van der Waals surface area contributed by atoms with Crippen molar-refractivity contribution in [2.45, 2.75) is 12.8 Å². The molecule has 0 aromatic heterocycles. The van der Waals surface area contributed by atoms with Crippen LogP contribution in [0.3, 0.4) is 0 Å². The van der Waals surface area contributed by atoms with Gasteiger partial charge in [0.1, 0.15) is 5.82 Å². The maximum Gasteiger partial charge on any atom is 0.251 e. The van der Waals surface area contributed by atoms with Gasteiger partial charge in [0.15, 0.2) is 0 Å². The molecule has 1 aromatic rings. The Hall–Kier alpha value is -1.09. The summed E-state index contributed by atoms with van der Waals surface area (Å²) in [4.78, 5) is 11.7. The van der Waals surface area contributed by atoms with Crippen molar-refractivity contribution >= 4 is 17.5 Å². The first-order valence-corrected chi connectivity index (χ1v) is 5.78. The summed E-state index contributed by atoms with van der Waals surface area (Å²) in [6, 6.07) is 5.52. The van der Waals surface area contributed by atoms with E-state index in [4.69, 9.17) is 11.6 Å². The molecule has 1 aliphatic rings. The van der Waals surface area contributed by atoms with Crippen LogP contribution in [0.25, 0.3) is 0 Å². The van der Waals surface area contributed by atoms with Gasteiger partial charge in [0, 0.05) is 23.4 Å². The van der Waals surface area contributed by atoms with Crippen LogP contribution in [-0.2, 0) is 0 Å². The Morgan fingerprint density at radius 1 is 1.38 bits per heavy atom. The predicted octanol–water partition coefficient (Wildman–Crippen LogP) is 2.57. The molecule has 0 radical (unpaired) electrons. The minimum absolute atomic E-state index is 0.108. The number of halogens is 2. The van der Waals surface area contributed by atoms with Crippen LogP contribution in [0.4, 0.5) is 4.39 Å². The highest BCUT2D eigenvalue weighted by atomic mass is 35.5. The van der Waals surface area contributed by atoms with Gasteiger partial charge in [-0.15, -0.1) is 11.6 Å². The highest BCUT2D eigenvalue weighted by molar-refractivity contribution is 6.18. The van der Waals surface area contributed by atoms with Crippen molar-refractivity contribution in [3.8, 4) is 0 Å². The van der Waals surface area contributed by atoms with Gasteiger partial charge in [0.05, 0.1) is 0 Å². The summed E-state index contributed by atoms with van der Waals surface area (Å²) < 4.78 is 12.6. The highest BCUT2D eigenvalue weighted by Gasteiger charge is 2.41. The van der Waals surface area contributed by atoms with Crippen LogP contribution in [0.15, 0.2) is 24.3 Å². The lowest BCUT2D eigenvalue weighted by molar-refractivity contribution is 0.0946. The maximum atomic E-state index is 12.6. The van der Waals surface area contributed by atoms with Gasteiger partial charge in [-0.25, -0.2) is 4.39 Å². The van der Waals surface area contributed by atoms with Gasteiger partial charge >= 0.3 is 0 Å². The number of carbonyl (C=O) groups excluding carboxylic acids is 1. The number of alkyl halides is 1. The van der Waals surface area contributed by atoms with Crippen molar-refractivity contribution < 1.29 is 9.18 Å². The van der Waals surface area contributed by atoms with E-state index in [1.807, 2.05) is 0 Å². The molecule has 4 heteroatoms. The lowest BCUT2D eigenvalue weighted by Gasteiger charge is -2.12. The molecule has 0 spiro atoms. The molecule has 0 atom stereocenters. The van der Waals surface area contributed by atoms with Crippen molar-refractivity contribution in [3.05, 3.63) is 35.6 Å². The predicted molar refractivity (Wildman–Crippen MR) is 61.1 cm³/mol. The first kappa shape index (κ1) is 11.4. The average molecular weight is 242 g/mol. The molecule has 0 unspecified atom stereocenters. The van der Waals surface area contributed by atoms with Crippen LogP contribution in [0.2, 0.25) is 0 Å². The summed E-state index contributed by atoms with van der Waals surface area (Å²) in [6.07, 6.45) is 2.14. The Morgan fingerprint density at radius 3 is 2.50 bits per heavy atom. The highest BCUT2D eigenvalue weighted by Crippen LogP contribution is 2.45. The number of rotatable bonds is 4. The van der Waals surface area contributed by atoms with Crippen molar-refractivity contribution in [2.24, 2.45) is 5.41 Å². The van der Waals surface area contributed by atoms with Crippen LogP contribution in [0.1, 0.15) is 23.2 Å². The molecule has 1 amide bonds. The van der Waals surface area contributed by atoms with Crippen molar-refractivity contribution in [2.75, 3.05) is 12.4 Å². The number of hydrogen-bond donors (Lipinski definition) is 1. The number of amides is 1. The molecule has 16 heavy (non-hydrogen) atoms. The van der Waals surface area contributed by atoms with E-state index in [9.17, 15) is 9.18 Å². The second-order valence-electron chi connectivity index (χ2n) is 4.32. The SMILES string of the molecule is O=C(NCC1(CCl)CC1)c1ccc(F)cc1. The summed E-state index contributed by atoms with van der Waals surface area (Å²) in [5.41, 5.74) is 0.587. The van der Waals surface area contributed by atoms with Crippen molar-refractivity contribution in [3.63, 3.8) is 0 Å². The normalized spacial score (nSPS) is 16.9. The summed E-state index contributed by atoms with van der Waals surface area (Å²) in [6.45, 7) is 0.604. The molecule has 0 bridgehead atoms. The number of hydrogen-bond acceptors (Lipinski definition) is 1. The zero-order valence-electron chi connectivity index (χ0n) is 8.80. The van der Waals surface area contributed by atoms with E-state index < -0.39 is 0 Å². The number of nitrogens with one attached hydrogen (secondary N) is 1. The Labute approximate surface area is 98.8 Å². The first-order chi connectivity index (χ1) is 7.65. The third-order valence-electron chi connectivity index (χ3n) is 2.97. The molecule has 1 aliphatic carbocycles. The molecule has 1 fully saturated rings. The number of benzene rings is 1. The lowest BCUT2D eigenvalue weighted by atomic mass is 10.1.